The molecule has 0 aliphatic carbocycles. The van der Waals surface area contributed by atoms with Crippen molar-refractivity contribution >= 4 is 0 Å². The first kappa shape index (κ1) is 12.8. The summed E-state index contributed by atoms with van der Waals surface area (Å²) in [7, 11) is 0. The molecule has 1 aromatic carbocycles. The molecule has 3 heteroatoms. The van der Waals surface area contributed by atoms with E-state index in [2.05, 4.69) is 53.0 Å². The van der Waals surface area contributed by atoms with Gasteiger partial charge in [0.25, 0.3) is 0 Å². The van der Waals surface area contributed by atoms with Gasteiger partial charge in [0, 0.05) is 24.1 Å². The van der Waals surface area contributed by atoms with E-state index in [0.29, 0.717) is 6.04 Å². The summed E-state index contributed by atoms with van der Waals surface area (Å²) in [6.45, 7) is 7.37. The Morgan fingerprint density at radius 1 is 1.33 bits per heavy atom. The number of rotatable bonds is 5. The fraction of sp³-hybridized carbons (Fsp3) is 0.400. The number of nitrogens with zero attached hydrogens (tertiary/aromatic N) is 2. The molecule has 2 aromatic rings. The summed E-state index contributed by atoms with van der Waals surface area (Å²) in [5.74, 6) is 1.02. The minimum absolute atomic E-state index is 0.429. The van der Waals surface area contributed by atoms with E-state index in [0.717, 1.165) is 18.8 Å². The van der Waals surface area contributed by atoms with E-state index >= 15 is 0 Å². The van der Waals surface area contributed by atoms with Crippen LogP contribution in [0, 0.1) is 6.92 Å². The minimum atomic E-state index is 0.429. The molecule has 1 N–H and O–H groups in total. The summed E-state index contributed by atoms with van der Waals surface area (Å²) in [4.78, 5) is 4.27. The van der Waals surface area contributed by atoms with Crippen molar-refractivity contribution in [1.29, 1.82) is 0 Å². The first-order chi connectivity index (χ1) is 8.76. The van der Waals surface area contributed by atoms with E-state index in [1.165, 1.54) is 11.3 Å². The average molecular weight is 243 g/mol. The maximum Gasteiger partial charge on any atom is 0.110 e. The molecule has 0 saturated carbocycles. The van der Waals surface area contributed by atoms with Crippen LogP contribution in [0.1, 0.15) is 37.7 Å². The molecule has 2 rings (SSSR count). The molecule has 3 nitrogen and oxygen atoms in total. The lowest BCUT2D eigenvalue weighted by molar-refractivity contribution is 0.537. The summed E-state index contributed by atoms with van der Waals surface area (Å²) < 4.78 is 2.11. The predicted octanol–water partition coefficient (Wildman–Crippen LogP) is 3.24. The summed E-state index contributed by atoms with van der Waals surface area (Å²) in [5.41, 5.74) is 2.52. The largest absolute Gasteiger partial charge is 0.310 e. The first-order valence-corrected chi connectivity index (χ1v) is 6.60. The molecule has 1 aromatic heterocycles. The zero-order valence-corrected chi connectivity index (χ0v) is 11.4. The van der Waals surface area contributed by atoms with Gasteiger partial charge in [0.15, 0.2) is 0 Å². The number of nitrogens with one attached hydrogen (secondary N) is 1. The van der Waals surface area contributed by atoms with Crippen LogP contribution < -0.4 is 5.32 Å². The molecule has 0 aliphatic rings. The van der Waals surface area contributed by atoms with Gasteiger partial charge in [-0.25, -0.2) is 4.98 Å². The first-order valence-electron chi connectivity index (χ1n) is 6.60. The molecule has 0 amide bonds. The number of hydrogen-bond donors (Lipinski definition) is 1. The Morgan fingerprint density at radius 3 is 2.78 bits per heavy atom. The highest BCUT2D eigenvalue weighted by molar-refractivity contribution is 5.38. The number of imidazole rings is 1. The van der Waals surface area contributed by atoms with Gasteiger partial charge in [-0.1, -0.05) is 26.0 Å². The molecular weight excluding hydrogens is 222 g/mol. The summed E-state index contributed by atoms with van der Waals surface area (Å²) >= 11 is 0. The van der Waals surface area contributed by atoms with Crippen LogP contribution in [0.3, 0.4) is 0 Å². The molecule has 0 aliphatic heterocycles. The van der Waals surface area contributed by atoms with Gasteiger partial charge in [0.1, 0.15) is 5.82 Å². The van der Waals surface area contributed by atoms with Gasteiger partial charge in [-0.3, -0.25) is 0 Å². The maximum absolute atomic E-state index is 4.27. The normalized spacial score (nSPS) is 12.6. The van der Waals surface area contributed by atoms with Gasteiger partial charge in [-0.15, -0.1) is 0 Å². The maximum atomic E-state index is 4.27. The number of hydrogen-bond acceptors (Lipinski definition) is 2. The standard InChI is InChI=1S/C15H21N3/c1-4-15(16-5-2)13-7-6-8-14(11-13)18-10-9-17-12(18)3/h6-11,15-16H,4-5H2,1-3H3. The van der Waals surface area contributed by atoms with Crippen LogP contribution in [0.15, 0.2) is 36.7 Å². The van der Waals surface area contributed by atoms with E-state index in [1.807, 2.05) is 19.3 Å². The molecule has 0 bridgehead atoms. The van der Waals surface area contributed by atoms with Crippen molar-refractivity contribution in [1.82, 2.24) is 14.9 Å². The molecule has 1 atom stereocenters. The minimum Gasteiger partial charge on any atom is -0.310 e. The van der Waals surface area contributed by atoms with Crippen molar-refractivity contribution < 1.29 is 0 Å². The zero-order valence-electron chi connectivity index (χ0n) is 11.4. The Labute approximate surface area is 109 Å². The van der Waals surface area contributed by atoms with Crippen LogP contribution in [-0.2, 0) is 0 Å². The second-order valence-corrected chi connectivity index (χ2v) is 4.46. The molecule has 18 heavy (non-hydrogen) atoms. The molecule has 1 unspecified atom stereocenters. The highest BCUT2D eigenvalue weighted by atomic mass is 15.1. The Morgan fingerprint density at radius 2 is 2.17 bits per heavy atom. The molecule has 0 fully saturated rings. The third-order valence-electron chi connectivity index (χ3n) is 3.24. The fourth-order valence-corrected chi connectivity index (χ4v) is 2.29. The second-order valence-electron chi connectivity index (χ2n) is 4.46. The molecule has 0 radical (unpaired) electrons. The van der Waals surface area contributed by atoms with Gasteiger partial charge in [-0.2, -0.15) is 0 Å². The Hall–Kier alpha value is -1.61. The van der Waals surface area contributed by atoms with Crippen LogP contribution in [-0.4, -0.2) is 16.1 Å². The van der Waals surface area contributed by atoms with Crippen molar-refractivity contribution in [3.8, 4) is 5.69 Å². The smallest absolute Gasteiger partial charge is 0.110 e. The van der Waals surface area contributed by atoms with Gasteiger partial charge in [0.05, 0.1) is 0 Å². The van der Waals surface area contributed by atoms with E-state index in [4.69, 9.17) is 0 Å². The highest BCUT2D eigenvalue weighted by Crippen LogP contribution is 2.20. The fourth-order valence-electron chi connectivity index (χ4n) is 2.29. The van der Waals surface area contributed by atoms with Crippen LogP contribution in [0.2, 0.25) is 0 Å². The molecule has 0 spiro atoms. The van der Waals surface area contributed by atoms with Gasteiger partial charge >= 0.3 is 0 Å². The summed E-state index contributed by atoms with van der Waals surface area (Å²) in [5, 5.41) is 3.51. The van der Waals surface area contributed by atoms with Gasteiger partial charge < -0.3 is 9.88 Å². The highest BCUT2D eigenvalue weighted by Gasteiger charge is 2.09. The monoisotopic (exact) mass is 243 g/mol. The molecular formula is C15H21N3. The lowest BCUT2D eigenvalue weighted by Gasteiger charge is -2.17. The summed E-state index contributed by atoms with van der Waals surface area (Å²) in [6, 6.07) is 9.10. The van der Waals surface area contributed by atoms with Gasteiger partial charge in [-0.05, 0) is 37.6 Å². The summed E-state index contributed by atoms with van der Waals surface area (Å²) in [6.07, 6.45) is 4.94. The third kappa shape index (κ3) is 2.62. The Bertz CT molecular complexity index is 502. The van der Waals surface area contributed by atoms with Crippen molar-refractivity contribution in [3.05, 3.63) is 48.0 Å². The Kier molecular flexibility index (Phi) is 4.15. The molecule has 96 valence electrons. The van der Waals surface area contributed by atoms with Crippen LogP contribution in [0.25, 0.3) is 5.69 Å². The van der Waals surface area contributed by atoms with E-state index in [-0.39, 0.29) is 0 Å². The van der Waals surface area contributed by atoms with Gasteiger partial charge in [0.2, 0.25) is 0 Å². The number of benzene rings is 1. The lowest BCUT2D eigenvalue weighted by Crippen LogP contribution is -2.20. The topological polar surface area (TPSA) is 29.9 Å². The quantitative estimate of drug-likeness (QED) is 0.873. The van der Waals surface area contributed by atoms with E-state index in [1.54, 1.807) is 0 Å². The van der Waals surface area contributed by atoms with Crippen molar-refractivity contribution in [2.45, 2.75) is 33.2 Å². The number of aryl methyl sites for hydroxylation is 1. The van der Waals surface area contributed by atoms with E-state index in [9.17, 15) is 0 Å². The van der Waals surface area contributed by atoms with Crippen LogP contribution in [0.5, 0.6) is 0 Å². The van der Waals surface area contributed by atoms with Crippen molar-refractivity contribution in [3.63, 3.8) is 0 Å². The average Bonchev–Trinajstić information content (AvgIpc) is 2.82. The molecule has 1 heterocycles. The SMILES string of the molecule is CCNC(CC)c1cccc(-n2ccnc2C)c1. The lowest BCUT2D eigenvalue weighted by atomic mass is 10.0. The van der Waals surface area contributed by atoms with Crippen molar-refractivity contribution in [2.24, 2.45) is 0 Å². The second kappa shape index (κ2) is 5.83. The van der Waals surface area contributed by atoms with Crippen LogP contribution in [0.4, 0.5) is 0 Å². The predicted molar refractivity (Wildman–Crippen MR) is 75.0 cm³/mol. The van der Waals surface area contributed by atoms with E-state index < -0.39 is 0 Å². The zero-order chi connectivity index (χ0) is 13.0. The Balaban J connectivity index is 2.33. The molecule has 0 saturated heterocycles. The third-order valence-corrected chi connectivity index (χ3v) is 3.24. The van der Waals surface area contributed by atoms with Crippen molar-refractivity contribution in [2.75, 3.05) is 6.54 Å². The number of aromatic nitrogens is 2. The van der Waals surface area contributed by atoms with Crippen LogP contribution >= 0.6 is 0 Å².